The molecule has 1 N–H and O–H groups in total. The van der Waals surface area contributed by atoms with Crippen molar-refractivity contribution in [2.24, 2.45) is 0 Å². The van der Waals surface area contributed by atoms with Crippen LogP contribution in [0.2, 0.25) is 0 Å². The van der Waals surface area contributed by atoms with Crippen LogP contribution < -0.4 is 14.8 Å². The number of carbonyl (C=O) groups is 1. The van der Waals surface area contributed by atoms with Crippen LogP contribution in [0.15, 0.2) is 47.4 Å². The fourth-order valence-corrected chi connectivity index (χ4v) is 5.66. The molecule has 4 rings (SSSR count). The van der Waals surface area contributed by atoms with Crippen molar-refractivity contribution in [1.29, 1.82) is 0 Å². The third-order valence-corrected chi connectivity index (χ3v) is 7.19. The average molecular weight is 391 g/mol. The number of methoxy groups -OCH3 is 1. The normalized spacial score (nSPS) is 26.6. The SMILES string of the molecule is COc1ccc2c(c1)[C@H]1C[C@@](C)(NC(=O)[C@@H]1S(=O)(=O)c1ccc(F)cc1)O2. The van der Waals surface area contributed by atoms with Crippen molar-refractivity contribution in [2.75, 3.05) is 7.11 Å². The predicted octanol–water partition coefficient (Wildman–Crippen LogP) is 2.39. The molecular weight excluding hydrogens is 373 g/mol. The lowest BCUT2D eigenvalue weighted by Gasteiger charge is -2.46. The third-order valence-electron chi connectivity index (χ3n) is 5.05. The Bertz CT molecular complexity index is 1020. The Morgan fingerprint density at radius 2 is 1.93 bits per heavy atom. The minimum Gasteiger partial charge on any atom is -0.497 e. The van der Waals surface area contributed by atoms with Crippen LogP contribution in [-0.2, 0) is 14.6 Å². The second-order valence-electron chi connectivity index (χ2n) is 6.96. The number of halogens is 1. The fourth-order valence-electron chi connectivity index (χ4n) is 3.84. The molecule has 2 aromatic carbocycles. The molecule has 8 heteroatoms. The van der Waals surface area contributed by atoms with Crippen LogP contribution in [0.1, 0.15) is 24.8 Å². The van der Waals surface area contributed by atoms with Crippen molar-refractivity contribution in [2.45, 2.75) is 35.1 Å². The van der Waals surface area contributed by atoms with Crippen LogP contribution in [0, 0.1) is 5.82 Å². The van der Waals surface area contributed by atoms with E-state index < -0.39 is 38.5 Å². The highest BCUT2D eigenvalue weighted by Gasteiger charge is 2.54. The summed E-state index contributed by atoms with van der Waals surface area (Å²) in [4.78, 5) is 12.7. The number of hydrogen-bond acceptors (Lipinski definition) is 5. The smallest absolute Gasteiger partial charge is 0.242 e. The monoisotopic (exact) mass is 391 g/mol. The summed E-state index contributed by atoms with van der Waals surface area (Å²) in [6, 6.07) is 9.62. The zero-order valence-electron chi connectivity index (χ0n) is 14.7. The van der Waals surface area contributed by atoms with Gasteiger partial charge < -0.3 is 14.8 Å². The van der Waals surface area contributed by atoms with Gasteiger partial charge in [-0.15, -0.1) is 0 Å². The van der Waals surface area contributed by atoms with E-state index in [0.29, 0.717) is 23.5 Å². The highest BCUT2D eigenvalue weighted by molar-refractivity contribution is 7.92. The molecule has 2 aromatic rings. The van der Waals surface area contributed by atoms with Gasteiger partial charge in [-0.25, -0.2) is 12.8 Å². The van der Waals surface area contributed by atoms with E-state index in [1.165, 1.54) is 19.2 Å². The van der Waals surface area contributed by atoms with E-state index >= 15 is 0 Å². The average Bonchev–Trinajstić information content (AvgIpc) is 2.60. The van der Waals surface area contributed by atoms with E-state index in [1.807, 2.05) is 0 Å². The summed E-state index contributed by atoms with van der Waals surface area (Å²) < 4.78 is 50.8. The number of rotatable bonds is 3. The lowest BCUT2D eigenvalue weighted by molar-refractivity contribution is -0.132. The summed E-state index contributed by atoms with van der Waals surface area (Å²) in [7, 11) is -2.53. The molecule has 1 amide bonds. The summed E-state index contributed by atoms with van der Waals surface area (Å²) in [5.74, 6) is -0.737. The Balaban J connectivity index is 1.86. The van der Waals surface area contributed by atoms with E-state index in [-0.39, 0.29) is 4.90 Å². The van der Waals surface area contributed by atoms with Gasteiger partial charge in [-0.05, 0) is 49.4 Å². The van der Waals surface area contributed by atoms with Crippen molar-refractivity contribution >= 4 is 15.7 Å². The van der Waals surface area contributed by atoms with Gasteiger partial charge in [-0.1, -0.05) is 0 Å². The van der Waals surface area contributed by atoms with Gasteiger partial charge in [0.1, 0.15) is 17.3 Å². The van der Waals surface area contributed by atoms with Gasteiger partial charge in [0.05, 0.1) is 12.0 Å². The van der Waals surface area contributed by atoms with Gasteiger partial charge in [0.25, 0.3) is 0 Å². The molecule has 0 unspecified atom stereocenters. The first-order valence-electron chi connectivity index (χ1n) is 8.42. The van der Waals surface area contributed by atoms with Gasteiger partial charge >= 0.3 is 0 Å². The van der Waals surface area contributed by atoms with E-state index in [4.69, 9.17) is 9.47 Å². The maximum Gasteiger partial charge on any atom is 0.242 e. The molecule has 0 aliphatic carbocycles. The van der Waals surface area contributed by atoms with Crippen LogP contribution in [0.5, 0.6) is 11.5 Å². The molecule has 1 fully saturated rings. The zero-order valence-corrected chi connectivity index (χ0v) is 15.5. The number of amides is 1. The number of benzene rings is 2. The topological polar surface area (TPSA) is 81.7 Å². The van der Waals surface area contributed by atoms with Crippen LogP contribution in [0.4, 0.5) is 4.39 Å². The first-order valence-corrected chi connectivity index (χ1v) is 9.97. The molecule has 0 aromatic heterocycles. The Labute approximate surface area is 156 Å². The Morgan fingerprint density at radius 1 is 1.22 bits per heavy atom. The molecule has 6 nitrogen and oxygen atoms in total. The second-order valence-corrected chi connectivity index (χ2v) is 9.03. The molecule has 2 bridgehead atoms. The molecule has 2 aliphatic heterocycles. The molecule has 142 valence electrons. The number of hydrogen-bond donors (Lipinski definition) is 1. The largest absolute Gasteiger partial charge is 0.497 e. The molecule has 2 heterocycles. The number of piperidine rings is 1. The third kappa shape index (κ3) is 2.84. The molecule has 1 saturated heterocycles. The maximum absolute atomic E-state index is 13.2. The number of carbonyl (C=O) groups excluding carboxylic acids is 1. The van der Waals surface area contributed by atoms with Crippen molar-refractivity contribution in [3.63, 3.8) is 0 Å². The first kappa shape index (κ1) is 17.8. The van der Waals surface area contributed by atoms with Crippen molar-refractivity contribution in [3.8, 4) is 11.5 Å². The Kier molecular flexibility index (Phi) is 3.92. The lowest BCUT2D eigenvalue weighted by atomic mass is 9.81. The number of nitrogens with one attached hydrogen (secondary N) is 1. The van der Waals surface area contributed by atoms with Crippen LogP contribution in [0.3, 0.4) is 0 Å². The quantitative estimate of drug-likeness (QED) is 0.813. The minimum absolute atomic E-state index is 0.0939. The summed E-state index contributed by atoms with van der Waals surface area (Å²) in [6.45, 7) is 1.71. The van der Waals surface area contributed by atoms with Crippen LogP contribution in [0.25, 0.3) is 0 Å². The zero-order chi connectivity index (χ0) is 19.4. The molecule has 0 spiro atoms. The molecule has 0 saturated carbocycles. The van der Waals surface area contributed by atoms with Gasteiger partial charge in [-0.2, -0.15) is 0 Å². The van der Waals surface area contributed by atoms with Crippen molar-refractivity contribution < 1.29 is 27.1 Å². The standard InChI is InChI=1S/C19H18FNO5S/c1-19-10-15(14-9-12(25-2)5-8-16(14)26-19)17(18(22)21-19)27(23,24)13-6-3-11(20)4-7-13/h3-9,15,17H,10H2,1-2H3,(H,21,22)/t15-,17-,19+/m1/s1. The Hall–Kier alpha value is -2.61. The summed E-state index contributed by atoms with van der Waals surface area (Å²) in [5.41, 5.74) is -0.379. The Morgan fingerprint density at radius 3 is 2.59 bits per heavy atom. The molecular formula is C19H18FNO5S. The van der Waals surface area contributed by atoms with Crippen molar-refractivity contribution in [3.05, 3.63) is 53.8 Å². The highest BCUT2D eigenvalue weighted by Crippen LogP contribution is 2.48. The maximum atomic E-state index is 13.2. The predicted molar refractivity (Wildman–Crippen MR) is 94.9 cm³/mol. The number of sulfone groups is 1. The fraction of sp³-hybridized carbons (Fsp3) is 0.316. The van der Waals surface area contributed by atoms with E-state index in [0.717, 1.165) is 12.1 Å². The molecule has 3 atom stereocenters. The summed E-state index contributed by atoms with van der Waals surface area (Å²) in [6.07, 6.45) is 0.296. The molecule has 0 radical (unpaired) electrons. The summed E-state index contributed by atoms with van der Waals surface area (Å²) in [5, 5.41) is 1.34. The summed E-state index contributed by atoms with van der Waals surface area (Å²) >= 11 is 0. The van der Waals surface area contributed by atoms with Gasteiger partial charge in [0.15, 0.2) is 20.8 Å². The number of fused-ring (bicyclic) bond motifs is 4. The van der Waals surface area contributed by atoms with Gasteiger partial charge in [-0.3, -0.25) is 4.79 Å². The molecule has 27 heavy (non-hydrogen) atoms. The van der Waals surface area contributed by atoms with E-state index in [1.54, 1.807) is 25.1 Å². The second kappa shape index (κ2) is 5.95. The van der Waals surface area contributed by atoms with Crippen LogP contribution in [-0.4, -0.2) is 32.4 Å². The van der Waals surface area contributed by atoms with E-state index in [9.17, 15) is 17.6 Å². The van der Waals surface area contributed by atoms with Gasteiger partial charge in [0.2, 0.25) is 5.91 Å². The molecule has 2 aliphatic rings. The lowest BCUT2D eigenvalue weighted by Crippen LogP contribution is -2.63. The highest BCUT2D eigenvalue weighted by atomic mass is 32.2. The van der Waals surface area contributed by atoms with E-state index in [2.05, 4.69) is 5.32 Å². The van der Waals surface area contributed by atoms with Gasteiger partial charge in [0, 0.05) is 17.9 Å². The van der Waals surface area contributed by atoms with Crippen molar-refractivity contribution in [1.82, 2.24) is 5.32 Å². The number of ether oxygens (including phenoxy) is 2. The first-order chi connectivity index (χ1) is 12.7. The van der Waals surface area contributed by atoms with Crippen LogP contribution >= 0.6 is 0 Å². The minimum atomic E-state index is -4.04.